The van der Waals surface area contributed by atoms with Crippen molar-refractivity contribution in [3.8, 4) is 0 Å². The molecule has 0 amide bonds. The molecule has 0 aliphatic rings. The number of unbranched alkanes of at least 4 members (excludes halogenated alkanes) is 39. The number of hydrogen-bond donors (Lipinski definition) is 3. The molecule has 0 heterocycles. The van der Waals surface area contributed by atoms with Crippen LogP contribution in [0.25, 0.3) is 0 Å². The summed E-state index contributed by atoms with van der Waals surface area (Å²) in [4.78, 5) is 72.9. The predicted octanol–water partition coefficient (Wildman–Crippen LogP) is 22.7. The lowest BCUT2D eigenvalue weighted by Gasteiger charge is -2.21. The minimum absolute atomic E-state index is 0.0850. The number of rotatable bonds is 75. The number of carbonyl (C=O) groups excluding carboxylic acids is 4. The molecule has 572 valence electrons. The molecule has 0 aliphatic carbocycles. The molecule has 2 unspecified atom stereocenters. The maximum Gasteiger partial charge on any atom is 0.472 e. The van der Waals surface area contributed by atoms with Gasteiger partial charge in [-0.25, -0.2) is 9.13 Å². The van der Waals surface area contributed by atoms with E-state index in [0.29, 0.717) is 25.7 Å². The number of carbonyl (C=O) groups is 4. The van der Waals surface area contributed by atoms with Crippen LogP contribution < -0.4 is 0 Å². The Morgan fingerprint density at radius 3 is 0.796 bits per heavy atom. The van der Waals surface area contributed by atoms with E-state index in [2.05, 4.69) is 88.5 Å². The monoisotopic (exact) mass is 1430 g/mol. The third kappa shape index (κ3) is 71.2. The Morgan fingerprint density at radius 1 is 0.286 bits per heavy atom. The van der Waals surface area contributed by atoms with Gasteiger partial charge in [-0.15, -0.1) is 0 Å². The van der Waals surface area contributed by atoms with E-state index in [0.717, 1.165) is 161 Å². The molecule has 0 aliphatic heterocycles. The molecule has 3 N–H and O–H groups in total. The van der Waals surface area contributed by atoms with Crippen LogP contribution in [0.1, 0.15) is 362 Å². The van der Waals surface area contributed by atoms with Crippen LogP contribution in [-0.2, 0) is 65.4 Å². The Balaban J connectivity index is 5.35. The van der Waals surface area contributed by atoms with Gasteiger partial charge in [0.25, 0.3) is 0 Å². The highest BCUT2D eigenvalue weighted by Gasteiger charge is 2.30. The van der Waals surface area contributed by atoms with Gasteiger partial charge in [-0.1, -0.05) is 262 Å². The lowest BCUT2D eigenvalue weighted by molar-refractivity contribution is -0.161. The maximum absolute atomic E-state index is 13.1. The summed E-state index contributed by atoms with van der Waals surface area (Å²) in [5.41, 5.74) is 0. The Hall–Kier alpha value is -3.24. The van der Waals surface area contributed by atoms with Gasteiger partial charge in [-0.05, 0) is 135 Å². The summed E-state index contributed by atoms with van der Waals surface area (Å²) in [5, 5.41) is 10.6. The zero-order chi connectivity index (χ0) is 71.8. The van der Waals surface area contributed by atoms with Crippen LogP contribution >= 0.6 is 15.6 Å². The van der Waals surface area contributed by atoms with Crippen LogP contribution in [0.4, 0.5) is 0 Å². The minimum atomic E-state index is -4.97. The summed E-state index contributed by atoms with van der Waals surface area (Å²) >= 11 is 0. The second kappa shape index (κ2) is 72.1. The molecular weight excluding hydrogens is 1280 g/mol. The molecular formula is C79H144O17P2. The number of phosphoric acid groups is 2. The number of ether oxygens (including phenoxy) is 4. The first-order chi connectivity index (χ1) is 47.7. The lowest BCUT2D eigenvalue weighted by Crippen LogP contribution is -2.30. The van der Waals surface area contributed by atoms with E-state index in [4.69, 9.17) is 37.0 Å². The topological polar surface area (TPSA) is 237 Å². The average Bonchev–Trinajstić information content (AvgIpc) is 0.959. The standard InChI is InChI=1S/C79H144O17P2/c1-5-9-13-17-21-25-29-33-36-40-43-47-51-55-59-63-76(81)89-69-74(95-78(83)65-61-57-53-49-45-39-32-28-24-20-16-12-8-4)71-93-97(85,86)91-67-73(80)68-92-98(87,88)94-72-75(96-79(84)66-62-58-54-50-46-42-38-35-31-27-23-19-15-11-7-3)70-90-77(82)64-60-56-52-48-44-41-37-34-30-26-22-18-14-10-6-2/h21,25,28,32-38,73-75,80H,5-20,22-24,26-27,29-31,39-72H2,1-4H3,(H,85,86)(H,87,88)/b25-21-,32-28-,36-33-,37-34-,38-35-/t73-,74+,75+/m0/s1. The van der Waals surface area contributed by atoms with E-state index in [1.54, 1.807) is 0 Å². The summed E-state index contributed by atoms with van der Waals surface area (Å²) in [7, 11) is -9.95. The number of hydrogen-bond acceptors (Lipinski definition) is 15. The third-order valence-electron chi connectivity index (χ3n) is 16.9. The second-order valence-electron chi connectivity index (χ2n) is 26.6. The van der Waals surface area contributed by atoms with Crippen molar-refractivity contribution in [2.75, 3.05) is 39.6 Å². The van der Waals surface area contributed by atoms with Crippen molar-refractivity contribution in [3.05, 3.63) is 60.8 Å². The zero-order valence-electron chi connectivity index (χ0n) is 62.5. The molecule has 5 atom stereocenters. The normalized spacial score (nSPS) is 14.2. The van der Waals surface area contributed by atoms with Crippen molar-refractivity contribution in [2.24, 2.45) is 0 Å². The molecule has 17 nitrogen and oxygen atoms in total. The van der Waals surface area contributed by atoms with Crippen molar-refractivity contribution in [1.29, 1.82) is 0 Å². The summed E-state index contributed by atoms with van der Waals surface area (Å²) < 4.78 is 68.5. The number of allylic oxidation sites excluding steroid dienone is 10. The molecule has 0 spiro atoms. The van der Waals surface area contributed by atoms with Crippen molar-refractivity contribution in [3.63, 3.8) is 0 Å². The fraction of sp³-hybridized carbons (Fsp3) is 0.823. The van der Waals surface area contributed by atoms with E-state index in [9.17, 15) is 43.2 Å². The summed E-state index contributed by atoms with van der Waals surface area (Å²) in [6, 6.07) is 0. The van der Waals surface area contributed by atoms with Crippen LogP contribution in [0.15, 0.2) is 60.8 Å². The average molecular weight is 1430 g/mol. The quantitative estimate of drug-likeness (QED) is 0.0169. The molecule has 98 heavy (non-hydrogen) atoms. The summed E-state index contributed by atoms with van der Waals surface area (Å²) in [6.45, 7) is 4.84. The molecule has 0 aromatic heterocycles. The second-order valence-corrected chi connectivity index (χ2v) is 29.5. The van der Waals surface area contributed by atoms with Gasteiger partial charge < -0.3 is 33.8 Å². The van der Waals surface area contributed by atoms with Crippen LogP contribution in [0, 0.1) is 0 Å². The molecule has 0 saturated carbocycles. The van der Waals surface area contributed by atoms with E-state index < -0.39 is 97.5 Å². The van der Waals surface area contributed by atoms with Gasteiger partial charge in [-0.3, -0.25) is 37.3 Å². The molecule has 0 saturated heterocycles. The summed E-state index contributed by atoms with van der Waals surface area (Å²) in [5.74, 6) is -2.19. The molecule has 0 fully saturated rings. The van der Waals surface area contributed by atoms with E-state index in [-0.39, 0.29) is 25.7 Å². The first-order valence-electron chi connectivity index (χ1n) is 39.5. The zero-order valence-corrected chi connectivity index (χ0v) is 64.3. The van der Waals surface area contributed by atoms with Gasteiger partial charge in [0.2, 0.25) is 0 Å². The Kier molecular flexibility index (Phi) is 69.7. The van der Waals surface area contributed by atoms with Gasteiger partial charge in [-0.2, -0.15) is 0 Å². The number of aliphatic hydroxyl groups is 1. The Bertz CT molecular complexity index is 2100. The van der Waals surface area contributed by atoms with Gasteiger partial charge in [0.15, 0.2) is 12.2 Å². The maximum atomic E-state index is 13.1. The number of phosphoric ester groups is 2. The first kappa shape index (κ1) is 94.8. The summed E-state index contributed by atoms with van der Waals surface area (Å²) in [6.07, 6.45) is 70.5. The highest BCUT2D eigenvalue weighted by atomic mass is 31.2. The fourth-order valence-corrected chi connectivity index (χ4v) is 12.4. The van der Waals surface area contributed by atoms with Crippen molar-refractivity contribution >= 4 is 39.5 Å². The van der Waals surface area contributed by atoms with Crippen molar-refractivity contribution in [2.45, 2.75) is 380 Å². The van der Waals surface area contributed by atoms with Crippen LogP contribution in [0.5, 0.6) is 0 Å². The minimum Gasteiger partial charge on any atom is -0.462 e. The Morgan fingerprint density at radius 2 is 0.500 bits per heavy atom. The molecule has 0 aromatic rings. The molecule has 0 radical (unpaired) electrons. The fourth-order valence-electron chi connectivity index (χ4n) is 10.8. The molecule has 0 aromatic carbocycles. The van der Waals surface area contributed by atoms with Gasteiger partial charge in [0.05, 0.1) is 26.4 Å². The van der Waals surface area contributed by atoms with Crippen LogP contribution in [0.2, 0.25) is 0 Å². The molecule has 0 rings (SSSR count). The van der Waals surface area contributed by atoms with E-state index >= 15 is 0 Å². The largest absolute Gasteiger partial charge is 0.472 e. The first-order valence-corrected chi connectivity index (χ1v) is 42.5. The molecule has 19 heteroatoms. The SMILES string of the molecule is CCCCC/C=C\C/C=C\CCCCCCCC(=O)OC[C@H](COP(=O)(O)OC[C@H](O)COP(=O)(O)OC[C@@H](COC(=O)CCCCCCC/C=C\CCCCCCCC)OC(=O)CCCCCCC/C=C\CCCCCCCC)OC(=O)CCCCCCC/C=C\CCCCCC. The smallest absolute Gasteiger partial charge is 0.462 e. The van der Waals surface area contributed by atoms with E-state index in [1.165, 1.54) is 122 Å². The highest BCUT2D eigenvalue weighted by molar-refractivity contribution is 7.47. The van der Waals surface area contributed by atoms with Crippen LogP contribution in [0.3, 0.4) is 0 Å². The number of aliphatic hydroxyl groups excluding tert-OH is 1. The Labute approximate surface area is 597 Å². The highest BCUT2D eigenvalue weighted by Crippen LogP contribution is 2.45. The predicted molar refractivity (Wildman–Crippen MR) is 400 cm³/mol. The van der Waals surface area contributed by atoms with Gasteiger partial charge in [0.1, 0.15) is 19.3 Å². The lowest BCUT2D eigenvalue weighted by atomic mass is 10.1. The van der Waals surface area contributed by atoms with Gasteiger partial charge >= 0.3 is 39.5 Å². The molecule has 0 bridgehead atoms. The van der Waals surface area contributed by atoms with Gasteiger partial charge in [0, 0.05) is 25.7 Å². The van der Waals surface area contributed by atoms with Crippen molar-refractivity contribution < 1.29 is 80.2 Å². The van der Waals surface area contributed by atoms with E-state index in [1.807, 2.05) is 0 Å². The van der Waals surface area contributed by atoms with Crippen LogP contribution in [-0.4, -0.2) is 96.7 Å². The third-order valence-corrected chi connectivity index (χ3v) is 18.8. The van der Waals surface area contributed by atoms with Crippen molar-refractivity contribution in [1.82, 2.24) is 0 Å². The number of esters is 4.